The molecule has 4 rings (SSSR count). The molecule has 4 aliphatic rings. The van der Waals surface area contributed by atoms with Crippen LogP contribution >= 0.6 is 15.9 Å². The summed E-state index contributed by atoms with van der Waals surface area (Å²) in [6.07, 6.45) is 5.80. The Hall–Kier alpha value is -0.260. The van der Waals surface area contributed by atoms with E-state index >= 15 is 0 Å². The van der Waals surface area contributed by atoms with Gasteiger partial charge in [0.15, 0.2) is 5.78 Å². The Labute approximate surface area is 170 Å². The van der Waals surface area contributed by atoms with Gasteiger partial charge >= 0.3 is 0 Å². The highest BCUT2D eigenvalue weighted by molar-refractivity contribution is 9.09. The van der Waals surface area contributed by atoms with Gasteiger partial charge in [0.05, 0.1) is 11.4 Å². The Bertz CT molecular complexity index is 679. The SMILES string of the molecule is C[C@@]12CC[C@@H]3[C@H](C(=O)C[C@]4(C)[C@H]3CC[C@]4(O)C(=O)CBr)[C@]1(C)CC[C@H](O)C2. The van der Waals surface area contributed by atoms with Gasteiger partial charge in [0.1, 0.15) is 11.4 Å². The van der Waals surface area contributed by atoms with Crippen molar-refractivity contribution in [3.63, 3.8) is 0 Å². The smallest absolute Gasteiger partial charge is 0.175 e. The maximum Gasteiger partial charge on any atom is 0.175 e. The standard InChI is InChI=1S/C22H33BrO4/c1-19-7-5-14-15-6-9-22(27,17(26)12-23)21(15,3)11-16(25)18(14)20(19,2)8-4-13(24)10-19/h13-15,18,24,27H,4-12H2,1-3H3/t13-,14-,15-,18+,19-,20-,21+,22-/m0/s1. The third-order valence-corrected chi connectivity index (χ3v) is 10.3. The number of rotatable bonds is 2. The van der Waals surface area contributed by atoms with Crippen LogP contribution in [0, 0.1) is 34.0 Å². The number of hydrogen-bond acceptors (Lipinski definition) is 4. The number of hydrogen-bond donors (Lipinski definition) is 2. The molecule has 0 bridgehead atoms. The van der Waals surface area contributed by atoms with Gasteiger partial charge in [-0.25, -0.2) is 0 Å². The fourth-order valence-corrected chi connectivity index (χ4v) is 8.44. The van der Waals surface area contributed by atoms with E-state index in [1.807, 2.05) is 6.92 Å². The third kappa shape index (κ3) is 2.40. The molecule has 4 saturated carbocycles. The predicted octanol–water partition coefficient (Wildman–Crippen LogP) is 3.65. The number of aliphatic hydroxyl groups excluding tert-OH is 1. The molecule has 8 atom stereocenters. The molecule has 0 aromatic carbocycles. The Morgan fingerprint density at radius 1 is 1.11 bits per heavy atom. The molecule has 152 valence electrons. The lowest BCUT2D eigenvalue weighted by atomic mass is 9.40. The maximum absolute atomic E-state index is 13.6. The van der Waals surface area contributed by atoms with Crippen molar-refractivity contribution in [2.75, 3.05) is 5.33 Å². The van der Waals surface area contributed by atoms with Gasteiger partial charge in [0, 0.05) is 17.8 Å². The van der Waals surface area contributed by atoms with Crippen LogP contribution in [0.15, 0.2) is 0 Å². The number of fused-ring (bicyclic) bond motifs is 5. The Balaban J connectivity index is 1.73. The average molecular weight is 441 g/mol. The molecule has 27 heavy (non-hydrogen) atoms. The monoisotopic (exact) mass is 440 g/mol. The first-order valence-electron chi connectivity index (χ1n) is 10.5. The molecular weight excluding hydrogens is 408 g/mol. The zero-order valence-electron chi connectivity index (χ0n) is 16.8. The van der Waals surface area contributed by atoms with E-state index < -0.39 is 11.0 Å². The number of carbonyl (C=O) groups excluding carboxylic acids is 2. The maximum atomic E-state index is 13.6. The first-order chi connectivity index (χ1) is 12.5. The van der Waals surface area contributed by atoms with Gasteiger partial charge in [-0.1, -0.05) is 36.7 Å². The highest BCUT2D eigenvalue weighted by atomic mass is 79.9. The third-order valence-electron chi connectivity index (χ3n) is 9.77. The van der Waals surface area contributed by atoms with Gasteiger partial charge in [-0.2, -0.15) is 0 Å². The molecule has 0 amide bonds. The van der Waals surface area contributed by atoms with E-state index in [0.29, 0.717) is 12.8 Å². The molecule has 4 aliphatic carbocycles. The number of carbonyl (C=O) groups is 2. The largest absolute Gasteiger partial charge is 0.393 e. The normalized spacial score (nSPS) is 54.8. The molecule has 0 aliphatic heterocycles. The fourth-order valence-electron chi connectivity index (χ4n) is 7.97. The second kappa shape index (κ2) is 6.12. The van der Waals surface area contributed by atoms with Crippen molar-refractivity contribution in [1.29, 1.82) is 0 Å². The van der Waals surface area contributed by atoms with Crippen molar-refractivity contribution >= 4 is 27.5 Å². The highest BCUT2D eigenvalue weighted by Gasteiger charge is 2.70. The van der Waals surface area contributed by atoms with E-state index in [1.165, 1.54) is 0 Å². The highest BCUT2D eigenvalue weighted by Crippen LogP contribution is 2.70. The van der Waals surface area contributed by atoms with Gasteiger partial charge in [-0.05, 0) is 67.6 Å². The molecule has 0 radical (unpaired) electrons. The summed E-state index contributed by atoms with van der Waals surface area (Å²) in [5.41, 5.74) is -2.12. The average Bonchev–Trinajstić information content (AvgIpc) is 2.87. The summed E-state index contributed by atoms with van der Waals surface area (Å²) >= 11 is 3.23. The molecule has 0 saturated heterocycles. The van der Waals surface area contributed by atoms with Crippen LogP contribution in [0.1, 0.15) is 72.1 Å². The zero-order valence-corrected chi connectivity index (χ0v) is 18.3. The van der Waals surface area contributed by atoms with Crippen molar-refractivity contribution in [2.45, 2.75) is 83.8 Å². The molecule has 0 spiro atoms. The Kier molecular flexibility index (Phi) is 4.54. The topological polar surface area (TPSA) is 74.6 Å². The molecule has 0 aromatic rings. The molecule has 5 heteroatoms. The molecule has 2 N–H and O–H groups in total. The quantitative estimate of drug-likeness (QED) is 0.642. The van der Waals surface area contributed by atoms with Crippen LogP contribution in [-0.4, -0.2) is 38.8 Å². The minimum absolute atomic E-state index is 0.00301. The van der Waals surface area contributed by atoms with Crippen LogP contribution in [0.5, 0.6) is 0 Å². The van der Waals surface area contributed by atoms with Crippen molar-refractivity contribution in [3.05, 3.63) is 0 Å². The Morgan fingerprint density at radius 3 is 2.48 bits per heavy atom. The van der Waals surface area contributed by atoms with Crippen LogP contribution < -0.4 is 0 Å². The van der Waals surface area contributed by atoms with E-state index in [0.717, 1.165) is 38.5 Å². The Morgan fingerprint density at radius 2 is 1.81 bits per heavy atom. The van der Waals surface area contributed by atoms with E-state index in [-0.39, 0.29) is 51.6 Å². The molecule has 0 unspecified atom stereocenters. The fraction of sp³-hybridized carbons (Fsp3) is 0.909. The number of aliphatic hydroxyl groups is 2. The second-order valence-corrected chi connectivity index (χ2v) is 11.2. The zero-order chi connectivity index (χ0) is 19.8. The summed E-state index contributed by atoms with van der Waals surface area (Å²) in [4.78, 5) is 26.2. The van der Waals surface area contributed by atoms with Gasteiger partial charge in [-0.3, -0.25) is 9.59 Å². The summed E-state index contributed by atoms with van der Waals surface area (Å²) < 4.78 is 0. The molecule has 0 heterocycles. The molecular formula is C22H33BrO4. The van der Waals surface area contributed by atoms with Gasteiger partial charge in [0.2, 0.25) is 0 Å². The van der Waals surface area contributed by atoms with E-state index in [4.69, 9.17) is 0 Å². The van der Waals surface area contributed by atoms with E-state index in [1.54, 1.807) is 0 Å². The summed E-state index contributed by atoms with van der Waals surface area (Å²) in [5.74, 6) is 0.545. The first kappa shape index (κ1) is 20.0. The van der Waals surface area contributed by atoms with Gasteiger partial charge < -0.3 is 10.2 Å². The van der Waals surface area contributed by atoms with Crippen molar-refractivity contribution in [2.24, 2.45) is 34.0 Å². The minimum Gasteiger partial charge on any atom is -0.393 e. The second-order valence-electron chi connectivity index (χ2n) is 10.7. The first-order valence-corrected chi connectivity index (χ1v) is 11.7. The van der Waals surface area contributed by atoms with Crippen molar-refractivity contribution in [1.82, 2.24) is 0 Å². The van der Waals surface area contributed by atoms with Gasteiger partial charge in [-0.15, -0.1) is 0 Å². The van der Waals surface area contributed by atoms with Crippen molar-refractivity contribution < 1.29 is 19.8 Å². The number of ketones is 2. The van der Waals surface area contributed by atoms with Crippen LogP contribution in [0.2, 0.25) is 0 Å². The van der Waals surface area contributed by atoms with Crippen LogP contribution in [0.3, 0.4) is 0 Å². The van der Waals surface area contributed by atoms with E-state index in [2.05, 4.69) is 29.8 Å². The number of Topliss-reactive ketones (excluding diaryl/α,β-unsaturated/α-hetero) is 2. The summed E-state index contributed by atoms with van der Waals surface area (Å²) in [6.45, 7) is 6.53. The molecule has 4 nitrogen and oxygen atoms in total. The summed E-state index contributed by atoms with van der Waals surface area (Å²) in [6, 6.07) is 0. The van der Waals surface area contributed by atoms with Crippen LogP contribution in [0.25, 0.3) is 0 Å². The number of alkyl halides is 1. The molecule has 0 aromatic heterocycles. The number of halogens is 1. The lowest BCUT2D eigenvalue weighted by Crippen LogP contribution is -2.64. The molecule has 4 fully saturated rings. The lowest BCUT2D eigenvalue weighted by Gasteiger charge is -2.64. The van der Waals surface area contributed by atoms with Crippen LogP contribution in [0.4, 0.5) is 0 Å². The predicted molar refractivity (Wildman–Crippen MR) is 106 cm³/mol. The van der Waals surface area contributed by atoms with Crippen LogP contribution in [-0.2, 0) is 9.59 Å². The minimum atomic E-state index is -1.38. The summed E-state index contributed by atoms with van der Waals surface area (Å²) in [7, 11) is 0. The van der Waals surface area contributed by atoms with Crippen molar-refractivity contribution in [3.8, 4) is 0 Å². The summed E-state index contributed by atoms with van der Waals surface area (Å²) in [5, 5.41) is 21.8. The van der Waals surface area contributed by atoms with E-state index in [9.17, 15) is 19.8 Å². The van der Waals surface area contributed by atoms with Gasteiger partial charge in [0.25, 0.3) is 0 Å². The lowest BCUT2D eigenvalue weighted by molar-refractivity contribution is -0.191.